The molecule has 67 heavy (non-hydrogen) atoms. The second-order valence-corrected chi connectivity index (χ2v) is 20.1. The molecule has 0 N–H and O–H groups in total. The minimum Gasteiger partial charge on any atom is -0.310 e. The van der Waals surface area contributed by atoms with Gasteiger partial charge in [0.05, 0.1) is 22.1 Å². The van der Waals surface area contributed by atoms with Crippen molar-refractivity contribution in [2.45, 2.75) is 15.2 Å². The van der Waals surface area contributed by atoms with E-state index in [1.54, 1.807) is 0 Å². The molecule has 0 amide bonds. The Labute approximate surface area is 395 Å². The van der Waals surface area contributed by atoms with Crippen LogP contribution in [0.15, 0.2) is 240 Å². The van der Waals surface area contributed by atoms with Gasteiger partial charge < -0.3 is 9.47 Å². The summed E-state index contributed by atoms with van der Waals surface area (Å²) < 4.78 is 5.10. The minimum absolute atomic E-state index is 0.515. The summed E-state index contributed by atoms with van der Waals surface area (Å²) in [6, 6.07) is 86.6. The molecule has 0 saturated heterocycles. The van der Waals surface area contributed by atoms with Gasteiger partial charge in [-0.25, -0.2) is 0 Å². The Kier molecular flexibility index (Phi) is 7.84. The quantitative estimate of drug-likeness (QED) is 0.174. The lowest BCUT2D eigenvalue weighted by Crippen LogP contribution is -2.36. The van der Waals surface area contributed by atoms with Crippen LogP contribution in [0.5, 0.6) is 0 Å². The highest BCUT2D eigenvalue weighted by atomic mass is 32.2. The highest BCUT2D eigenvalue weighted by Gasteiger charge is 2.48. The summed E-state index contributed by atoms with van der Waals surface area (Å²) in [6.45, 7) is 0. The molecule has 1 aliphatic heterocycles. The van der Waals surface area contributed by atoms with Crippen molar-refractivity contribution in [3.63, 3.8) is 0 Å². The van der Waals surface area contributed by atoms with Crippen LogP contribution in [0, 0.1) is 0 Å². The molecule has 3 heterocycles. The normalized spacial score (nSPS) is 14.9. The summed E-state index contributed by atoms with van der Waals surface area (Å²) in [5.41, 5.74) is 14.3. The van der Waals surface area contributed by atoms with Crippen LogP contribution in [0.4, 0.5) is 17.1 Å². The van der Waals surface area contributed by atoms with Crippen LogP contribution in [0.2, 0.25) is 0 Å². The fourth-order valence-electron chi connectivity index (χ4n) is 11.9. The van der Waals surface area contributed by atoms with Gasteiger partial charge in [0.2, 0.25) is 0 Å². The number of fused-ring (bicyclic) bond motifs is 15. The summed E-state index contributed by atoms with van der Waals surface area (Å²) in [6.07, 6.45) is 0. The predicted molar refractivity (Wildman–Crippen MR) is 285 cm³/mol. The number of rotatable bonds is 4. The molecule has 1 aliphatic carbocycles. The van der Waals surface area contributed by atoms with Crippen molar-refractivity contribution < 1.29 is 0 Å². The van der Waals surface area contributed by atoms with Crippen LogP contribution in [0.3, 0.4) is 0 Å². The fourth-order valence-corrected chi connectivity index (χ4v) is 14.2. The average molecular weight is 887 g/mol. The topological polar surface area (TPSA) is 8.17 Å². The summed E-state index contributed by atoms with van der Waals surface area (Å²) in [5.74, 6) is 0. The van der Waals surface area contributed by atoms with Crippen molar-refractivity contribution in [2.75, 3.05) is 4.90 Å². The SMILES string of the molecule is c1ccc2c(c1)Sc1cc(N(c3ccc4c5ccccc5n(-c5ccc6sc7ccccc7c6c5)c4c3)c3cccc4ccccc34)ccc1C21c2ccccc2-c2cccc3cccc1c23. The van der Waals surface area contributed by atoms with Crippen molar-refractivity contribution >= 4 is 104 Å². The highest BCUT2D eigenvalue weighted by molar-refractivity contribution is 7.99. The molecule has 15 rings (SSSR count). The predicted octanol–water partition coefficient (Wildman–Crippen LogP) is 17.8. The van der Waals surface area contributed by atoms with Gasteiger partial charge in [0.25, 0.3) is 0 Å². The Bertz CT molecular complexity index is 4220. The standard InChI is InChI=1S/C63H38N2S2/c1-2-18-44-39(14-1)15-13-27-55(44)64(42-30-33-47-46-20-4-8-26-56(46)65(57(47)37-42)41-32-35-59-50(36-41)48-21-5-9-28-58(48)66-59)43-31-34-53-61(38-43)67-60-29-10-7-24-52(60)63(53)51-23-6-3-19-45(51)49-22-11-16-40-17-12-25-54(63)62(40)49/h1-38H. The Morgan fingerprint density at radius 3 is 1.96 bits per heavy atom. The van der Waals surface area contributed by atoms with Crippen LogP contribution >= 0.6 is 23.1 Å². The largest absolute Gasteiger partial charge is 0.310 e. The molecule has 1 unspecified atom stereocenters. The molecule has 312 valence electrons. The van der Waals surface area contributed by atoms with Crippen LogP contribution in [0.1, 0.15) is 22.3 Å². The van der Waals surface area contributed by atoms with Crippen molar-refractivity contribution in [1.29, 1.82) is 0 Å². The Balaban J connectivity index is 0.994. The molecule has 4 heteroatoms. The van der Waals surface area contributed by atoms with Crippen molar-refractivity contribution in [3.8, 4) is 16.8 Å². The highest BCUT2D eigenvalue weighted by Crippen LogP contribution is 2.62. The number of hydrogen-bond acceptors (Lipinski definition) is 3. The summed E-state index contributed by atoms with van der Waals surface area (Å²) in [4.78, 5) is 5.05. The van der Waals surface area contributed by atoms with E-state index in [-0.39, 0.29) is 0 Å². The third-order valence-electron chi connectivity index (χ3n) is 14.6. The van der Waals surface area contributed by atoms with E-state index in [1.165, 1.54) is 107 Å². The number of anilines is 3. The number of nitrogens with zero attached hydrogens (tertiary/aromatic N) is 2. The zero-order chi connectivity index (χ0) is 43.8. The monoisotopic (exact) mass is 886 g/mol. The van der Waals surface area contributed by atoms with Gasteiger partial charge in [-0.15, -0.1) is 11.3 Å². The van der Waals surface area contributed by atoms with Crippen LogP contribution in [0.25, 0.3) is 80.3 Å². The van der Waals surface area contributed by atoms with E-state index in [4.69, 9.17) is 0 Å². The average Bonchev–Trinajstić information content (AvgIpc) is 3.93. The Morgan fingerprint density at radius 2 is 1.01 bits per heavy atom. The van der Waals surface area contributed by atoms with Crippen LogP contribution < -0.4 is 4.90 Å². The lowest BCUT2D eigenvalue weighted by Gasteiger charge is -2.46. The maximum absolute atomic E-state index is 2.50. The van der Waals surface area contributed by atoms with Gasteiger partial charge in [0.15, 0.2) is 0 Å². The van der Waals surface area contributed by atoms with E-state index in [1.807, 2.05) is 23.1 Å². The smallest absolute Gasteiger partial charge is 0.0735 e. The Hall–Kier alpha value is -7.89. The molecule has 1 atom stereocenters. The number of thiophene rings is 1. The van der Waals surface area contributed by atoms with Crippen molar-refractivity contribution in [1.82, 2.24) is 4.57 Å². The molecular formula is C63H38N2S2. The Morgan fingerprint density at radius 1 is 0.373 bits per heavy atom. The first kappa shape index (κ1) is 37.3. The van der Waals surface area contributed by atoms with Gasteiger partial charge in [0.1, 0.15) is 0 Å². The summed E-state index contributed by atoms with van der Waals surface area (Å²) >= 11 is 3.76. The van der Waals surface area contributed by atoms with Crippen LogP contribution in [-0.4, -0.2) is 4.57 Å². The second kappa shape index (κ2) is 14.1. The van der Waals surface area contributed by atoms with E-state index < -0.39 is 5.41 Å². The van der Waals surface area contributed by atoms with E-state index in [9.17, 15) is 0 Å². The van der Waals surface area contributed by atoms with Gasteiger partial charge in [0, 0.05) is 63.2 Å². The van der Waals surface area contributed by atoms with Crippen LogP contribution in [-0.2, 0) is 5.41 Å². The van der Waals surface area contributed by atoms with Gasteiger partial charge in [-0.3, -0.25) is 0 Å². The van der Waals surface area contributed by atoms with E-state index in [2.05, 4.69) is 240 Å². The number of benzene rings is 11. The molecule has 0 saturated carbocycles. The molecule has 1 spiro atoms. The molecular weight excluding hydrogens is 849 g/mol. The van der Waals surface area contributed by atoms with Gasteiger partial charge in [-0.1, -0.05) is 176 Å². The molecule has 11 aromatic carbocycles. The van der Waals surface area contributed by atoms with E-state index >= 15 is 0 Å². The van der Waals surface area contributed by atoms with E-state index in [0.717, 1.165) is 22.7 Å². The lowest BCUT2D eigenvalue weighted by molar-refractivity contribution is 0.707. The van der Waals surface area contributed by atoms with Crippen molar-refractivity contribution in [2.24, 2.45) is 0 Å². The summed E-state index contributed by atoms with van der Waals surface area (Å²) in [5, 5.41) is 10.1. The van der Waals surface area contributed by atoms with Gasteiger partial charge >= 0.3 is 0 Å². The molecule has 2 aliphatic rings. The molecule has 0 fully saturated rings. The first-order valence-electron chi connectivity index (χ1n) is 23.0. The first-order chi connectivity index (χ1) is 33.2. The number of para-hydroxylation sites is 1. The maximum atomic E-state index is 2.50. The van der Waals surface area contributed by atoms with Gasteiger partial charge in [-0.2, -0.15) is 0 Å². The fraction of sp³-hybridized carbons (Fsp3) is 0.0159. The minimum atomic E-state index is -0.515. The first-order valence-corrected chi connectivity index (χ1v) is 24.6. The van der Waals surface area contributed by atoms with Crippen molar-refractivity contribution in [3.05, 3.63) is 253 Å². The third kappa shape index (κ3) is 5.17. The molecule has 2 aromatic heterocycles. The second-order valence-electron chi connectivity index (χ2n) is 17.9. The van der Waals surface area contributed by atoms with Gasteiger partial charge in [-0.05, 0) is 116 Å². The maximum Gasteiger partial charge on any atom is 0.0735 e. The van der Waals surface area contributed by atoms with E-state index in [0.29, 0.717) is 0 Å². The third-order valence-corrected chi connectivity index (χ3v) is 16.9. The molecule has 0 radical (unpaired) electrons. The zero-order valence-electron chi connectivity index (χ0n) is 36.2. The molecule has 2 nitrogen and oxygen atoms in total. The number of hydrogen-bond donors (Lipinski definition) is 0. The zero-order valence-corrected chi connectivity index (χ0v) is 37.8. The molecule has 13 aromatic rings. The lowest BCUT2D eigenvalue weighted by atomic mass is 9.59. The summed E-state index contributed by atoms with van der Waals surface area (Å²) in [7, 11) is 0. The molecule has 0 bridgehead atoms. The number of aromatic nitrogens is 1.